The summed E-state index contributed by atoms with van der Waals surface area (Å²) in [5.74, 6) is -0.627. The van der Waals surface area contributed by atoms with Crippen molar-refractivity contribution in [2.75, 3.05) is 0 Å². The number of carbonyl (C=O) groups excluding carboxylic acids is 2. The van der Waals surface area contributed by atoms with Crippen LogP contribution in [0.25, 0.3) is 10.9 Å². The molecular formula is C26H28N4O3. The van der Waals surface area contributed by atoms with E-state index in [1.807, 2.05) is 41.9 Å². The van der Waals surface area contributed by atoms with Crippen LogP contribution in [0.4, 0.5) is 0 Å². The fraction of sp³-hybridized carbons (Fsp3) is 0.346. The highest BCUT2D eigenvalue weighted by Crippen LogP contribution is 2.26. The highest BCUT2D eigenvalue weighted by molar-refractivity contribution is 5.99. The Labute approximate surface area is 193 Å². The van der Waals surface area contributed by atoms with Crippen LogP contribution in [0.3, 0.4) is 0 Å². The predicted octanol–water partition coefficient (Wildman–Crippen LogP) is 3.42. The smallest absolute Gasteiger partial charge is 0.268 e. The summed E-state index contributed by atoms with van der Waals surface area (Å²) in [5, 5.41) is 25.9. The molecule has 3 atom stereocenters. The first kappa shape index (κ1) is 22.4. The summed E-state index contributed by atoms with van der Waals surface area (Å²) >= 11 is 0. The molecule has 7 nitrogen and oxygen atoms in total. The minimum absolute atomic E-state index is 0.156. The lowest BCUT2D eigenvalue weighted by molar-refractivity contribution is -0.127. The number of phenolic OH excluding ortho intramolecular Hbond substituents is 1. The number of benzene rings is 2. The lowest BCUT2D eigenvalue weighted by Gasteiger charge is -2.31. The number of nitrogens with one attached hydrogen (secondary N) is 2. The SMILES string of the molecule is Cn1c(C(=O)N[C@H]2CCCC[C@H]2C(=O)N[C@H](C#N)Cc2ccc(O)cc2)cc2ccccc21. The van der Waals surface area contributed by atoms with Gasteiger partial charge in [0.1, 0.15) is 17.5 Å². The number of nitriles is 1. The van der Waals surface area contributed by atoms with Gasteiger partial charge in [0.15, 0.2) is 0 Å². The Morgan fingerprint density at radius 1 is 1.15 bits per heavy atom. The number of amides is 2. The molecule has 7 heteroatoms. The topological polar surface area (TPSA) is 107 Å². The average molecular weight is 445 g/mol. The largest absolute Gasteiger partial charge is 0.508 e. The van der Waals surface area contributed by atoms with Crippen molar-refractivity contribution in [3.05, 3.63) is 65.9 Å². The minimum atomic E-state index is -0.682. The van der Waals surface area contributed by atoms with Crippen LogP contribution < -0.4 is 10.6 Å². The number of aryl methyl sites for hydroxylation is 1. The van der Waals surface area contributed by atoms with Crippen LogP contribution >= 0.6 is 0 Å². The van der Waals surface area contributed by atoms with Gasteiger partial charge in [0, 0.05) is 30.4 Å². The molecule has 3 N–H and O–H groups in total. The molecule has 1 aliphatic rings. The Hall–Kier alpha value is -3.79. The third kappa shape index (κ3) is 5.01. The van der Waals surface area contributed by atoms with Gasteiger partial charge in [-0.2, -0.15) is 5.26 Å². The molecule has 2 aromatic carbocycles. The molecule has 2 amide bonds. The predicted molar refractivity (Wildman–Crippen MR) is 125 cm³/mol. The summed E-state index contributed by atoms with van der Waals surface area (Å²) in [6.07, 6.45) is 3.60. The van der Waals surface area contributed by atoms with E-state index >= 15 is 0 Å². The zero-order valence-electron chi connectivity index (χ0n) is 18.6. The van der Waals surface area contributed by atoms with E-state index in [4.69, 9.17) is 0 Å². The lowest BCUT2D eigenvalue weighted by Crippen LogP contribution is -2.50. The number of aromatic hydroxyl groups is 1. The summed E-state index contributed by atoms with van der Waals surface area (Å²) in [5.41, 5.74) is 2.39. The van der Waals surface area contributed by atoms with Gasteiger partial charge in [0.05, 0.1) is 12.0 Å². The van der Waals surface area contributed by atoms with Crippen LogP contribution in [0.1, 0.15) is 41.7 Å². The van der Waals surface area contributed by atoms with E-state index < -0.39 is 6.04 Å². The summed E-state index contributed by atoms with van der Waals surface area (Å²) in [6, 6.07) is 17.5. The minimum Gasteiger partial charge on any atom is -0.508 e. The molecule has 0 bridgehead atoms. The maximum atomic E-state index is 13.1. The maximum Gasteiger partial charge on any atom is 0.268 e. The van der Waals surface area contributed by atoms with Gasteiger partial charge in [-0.25, -0.2) is 0 Å². The molecular weight excluding hydrogens is 416 g/mol. The number of fused-ring (bicyclic) bond motifs is 1. The summed E-state index contributed by atoms with van der Waals surface area (Å²) in [6.45, 7) is 0. The third-order valence-corrected chi connectivity index (χ3v) is 6.45. The van der Waals surface area contributed by atoms with Gasteiger partial charge in [-0.1, -0.05) is 43.2 Å². The first-order chi connectivity index (χ1) is 16.0. The van der Waals surface area contributed by atoms with Gasteiger partial charge in [0.2, 0.25) is 5.91 Å². The van der Waals surface area contributed by atoms with Crippen molar-refractivity contribution in [3.8, 4) is 11.8 Å². The second-order valence-electron chi connectivity index (χ2n) is 8.68. The van der Waals surface area contributed by atoms with Gasteiger partial charge in [0.25, 0.3) is 5.91 Å². The van der Waals surface area contributed by atoms with Crippen LogP contribution in [-0.4, -0.2) is 33.6 Å². The molecule has 0 unspecified atom stereocenters. The van der Waals surface area contributed by atoms with E-state index in [2.05, 4.69) is 16.7 Å². The van der Waals surface area contributed by atoms with Crippen LogP contribution in [0.2, 0.25) is 0 Å². The number of nitrogens with zero attached hydrogens (tertiary/aromatic N) is 2. The molecule has 1 aliphatic carbocycles. The summed E-state index contributed by atoms with van der Waals surface area (Å²) < 4.78 is 1.87. The first-order valence-electron chi connectivity index (χ1n) is 11.3. The number of carbonyl (C=O) groups is 2. The first-order valence-corrected chi connectivity index (χ1v) is 11.3. The normalized spacial score (nSPS) is 18.9. The molecule has 0 saturated heterocycles. The van der Waals surface area contributed by atoms with E-state index in [-0.39, 0.29) is 29.5 Å². The fourth-order valence-electron chi connectivity index (χ4n) is 4.64. The van der Waals surface area contributed by atoms with Crippen LogP contribution in [0.5, 0.6) is 5.75 Å². The monoisotopic (exact) mass is 444 g/mol. The fourth-order valence-corrected chi connectivity index (χ4v) is 4.64. The lowest BCUT2D eigenvalue weighted by atomic mass is 9.83. The molecule has 33 heavy (non-hydrogen) atoms. The second-order valence-corrected chi connectivity index (χ2v) is 8.68. The standard InChI is InChI=1S/C26H28N4O3/c1-30-23-9-5-2-6-18(23)15-24(30)26(33)29-22-8-4-3-7-21(22)25(32)28-19(16-27)14-17-10-12-20(31)13-11-17/h2,5-6,9-13,15,19,21-22,31H,3-4,7-8,14H2,1H3,(H,28,32)(H,29,33)/t19-,21+,22-/m0/s1. The second kappa shape index (κ2) is 9.78. The van der Waals surface area contributed by atoms with Crippen LogP contribution in [-0.2, 0) is 18.3 Å². The van der Waals surface area contributed by atoms with Gasteiger partial charge in [-0.3, -0.25) is 9.59 Å². The van der Waals surface area contributed by atoms with E-state index in [1.165, 1.54) is 0 Å². The highest BCUT2D eigenvalue weighted by Gasteiger charge is 2.33. The molecule has 1 aromatic heterocycles. The van der Waals surface area contributed by atoms with Gasteiger partial charge < -0.3 is 20.3 Å². The van der Waals surface area contributed by atoms with E-state index in [0.717, 1.165) is 35.7 Å². The molecule has 1 saturated carbocycles. The van der Waals surface area contributed by atoms with Crippen molar-refractivity contribution in [3.63, 3.8) is 0 Å². The Balaban J connectivity index is 1.44. The van der Waals surface area contributed by atoms with Crippen LogP contribution in [0.15, 0.2) is 54.6 Å². The molecule has 1 fully saturated rings. The molecule has 4 rings (SSSR count). The number of para-hydroxylation sites is 1. The number of phenols is 1. The molecule has 170 valence electrons. The van der Waals surface area contributed by atoms with Crippen molar-refractivity contribution in [2.24, 2.45) is 13.0 Å². The Morgan fingerprint density at radius 3 is 2.61 bits per heavy atom. The molecule has 0 aliphatic heterocycles. The van der Waals surface area contributed by atoms with Gasteiger partial charge in [-0.05, 0) is 42.7 Å². The maximum absolute atomic E-state index is 13.1. The van der Waals surface area contributed by atoms with Crippen molar-refractivity contribution < 1.29 is 14.7 Å². The number of rotatable bonds is 6. The number of hydrogen-bond acceptors (Lipinski definition) is 4. The Bertz CT molecular complexity index is 1190. The van der Waals surface area contributed by atoms with Crippen molar-refractivity contribution in [1.29, 1.82) is 5.26 Å². The van der Waals surface area contributed by atoms with Crippen molar-refractivity contribution >= 4 is 22.7 Å². The average Bonchev–Trinajstić information content (AvgIpc) is 3.17. The van der Waals surface area contributed by atoms with E-state index in [1.54, 1.807) is 24.3 Å². The summed E-state index contributed by atoms with van der Waals surface area (Å²) in [7, 11) is 1.86. The number of hydrogen-bond donors (Lipinski definition) is 3. The molecule has 0 radical (unpaired) electrons. The quantitative estimate of drug-likeness (QED) is 0.541. The summed E-state index contributed by atoms with van der Waals surface area (Å²) in [4.78, 5) is 26.2. The number of aromatic nitrogens is 1. The van der Waals surface area contributed by atoms with Gasteiger partial charge in [-0.15, -0.1) is 0 Å². The van der Waals surface area contributed by atoms with Crippen LogP contribution in [0, 0.1) is 17.2 Å². The Morgan fingerprint density at radius 2 is 1.88 bits per heavy atom. The molecule has 0 spiro atoms. The third-order valence-electron chi connectivity index (χ3n) is 6.45. The van der Waals surface area contributed by atoms with E-state index in [9.17, 15) is 20.0 Å². The zero-order chi connectivity index (χ0) is 23.4. The Kier molecular flexibility index (Phi) is 6.64. The molecule has 3 aromatic rings. The van der Waals surface area contributed by atoms with Crippen molar-refractivity contribution in [2.45, 2.75) is 44.2 Å². The van der Waals surface area contributed by atoms with Gasteiger partial charge >= 0.3 is 0 Å². The van der Waals surface area contributed by atoms with E-state index in [0.29, 0.717) is 18.5 Å². The van der Waals surface area contributed by atoms with Crippen molar-refractivity contribution in [1.82, 2.24) is 15.2 Å². The molecule has 1 heterocycles. The highest BCUT2D eigenvalue weighted by atomic mass is 16.3. The zero-order valence-corrected chi connectivity index (χ0v) is 18.6.